The van der Waals surface area contributed by atoms with Crippen molar-refractivity contribution in [2.75, 3.05) is 31.5 Å². The first-order valence-corrected chi connectivity index (χ1v) is 10.2. The molecule has 0 fully saturated rings. The summed E-state index contributed by atoms with van der Waals surface area (Å²) in [5.74, 6) is -0.415. The number of unbranched alkanes of at least 4 members (excludes halogenated alkanes) is 1. The van der Waals surface area contributed by atoms with E-state index in [9.17, 15) is 14.4 Å². The summed E-state index contributed by atoms with van der Waals surface area (Å²) in [7, 11) is 2.84. The SMILES string of the molecule is CCCCOc1cc(NC(C)=O)c(NC(=O)C=Cc2ccc(OC)cc2)cc1C(=O)OC. The van der Waals surface area contributed by atoms with Crippen LogP contribution in [0.3, 0.4) is 0 Å². The number of methoxy groups -OCH3 is 2. The molecule has 2 N–H and O–H groups in total. The zero-order valence-electron chi connectivity index (χ0n) is 18.7. The standard InChI is InChI=1S/C24H28N2O6/c1-5-6-13-32-22-15-21(25-16(2)27)20(14-19(22)24(29)31-4)26-23(28)12-9-17-7-10-18(30-3)11-8-17/h7-12,14-15H,5-6,13H2,1-4H3,(H,25,27)(H,26,28). The second-order valence-corrected chi connectivity index (χ2v) is 6.86. The van der Waals surface area contributed by atoms with Gasteiger partial charge in [-0.15, -0.1) is 0 Å². The number of benzene rings is 2. The summed E-state index contributed by atoms with van der Waals surface area (Å²) < 4.78 is 15.7. The van der Waals surface area contributed by atoms with Gasteiger partial charge in [-0.3, -0.25) is 9.59 Å². The van der Waals surface area contributed by atoms with E-state index >= 15 is 0 Å². The lowest BCUT2D eigenvalue weighted by Crippen LogP contribution is -2.15. The minimum Gasteiger partial charge on any atom is -0.497 e. The topological polar surface area (TPSA) is 103 Å². The van der Waals surface area contributed by atoms with Gasteiger partial charge >= 0.3 is 5.97 Å². The fourth-order valence-corrected chi connectivity index (χ4v) is 2.75. The summed E-state index contributed by atoms with van der Waals surface area (Å²) >= 11 is 0. The van der Waals surface area contributed by atoms with Crippen LogP contribution >= 0.6 is 0 Å². The molecule has 0 saturated carbocycles. The molecule has 2 amide bonds. The fraction of sp³-hybridized carbons (Fsp3) is 0.292. The van der Waals surface area contributed by atoms with Crippen molar-refractivity contribution in [2.24, 2.45) is 0 Å². The molecular weight excluding hydrogens is 412 g/mol. The van der Waals surface area contributed by atoms with Gasteiger partial charge in [-0.05, 0) is 36.3 Å². The van der Waals surface area contributed by atoms with Crippen molar-refractivity contribution < 1.29 is 28.6 Å². The van der Waals surface area contributed by atoms with Crippen LogP contribution in [-0.4, -0.2) is 38.6 Å². The summed E-state index contributed by atoms with van der Waals surface area (Å²) in [6, 6.07) is 10.1. The van der Waals surface area contributed by atoms with Crippen molar-refractivity contribution in [3.05, 3.63) is 53.6 Å². The van der Waals surface area contributed by atoms with E-state index in [1.54, 1.807) is 25.3 Å². The van der Waals surface area contributed by atoms with Crippen LogP contribution in [0.15, 0.2) is 42.5 Å². The van der Waals surface area contributed by atoms with Crippen LogP contribution < -0.4 is 20.1 Å². The minimum atomic E-state index is -0.616. The Labute approximate surface area is 187 Å². The second-order valence-electron chi connectivity index (χ2n) is 6.86. The van der Waals surface area contributed by atoms with E-state index in [4.69, 9.17) is 14.2 Å². The third-order valence-electron chi connectivity index (χ3n) is 4.39. The molecule has 8 heteroatoms. The van der Waals surface area contributed by atoms with Gasteiger partial charge in [0.1, 0.15) is 17.1 Å². The van der Waals surface area contributed by atoms with Gasteiger partial charge in [-0.25, -0.2) is 4.79 Å². The molecule has 0 aromatic heterocycles. The van der Waals surface area contributed by atoms with E-state index < -0.39 is 11.9 Å². The van der Waals surface area contributed by atoms with Crippen molar-refractivity contribution >= 4 is 35.2 Å². The molecule has 0 aliphatic carbocycles. The molecule has 2 rings (SSSR count). The summed E-state index contributed by atoms with van der Waals surface area (Å²) in [5.41, 5.74) is 1.50. The summed E-state index contributed by atoms with van der Waals surface area (Å²) in [4.78, 5) is 36.5. The number of nitrogens with one attached hydrogen (secondary N) is 2. The molecule has 0 aliphatic rings. The molecule has 32 heavy (non-hydrogen) atoms. The first kappa shape index (κ1) is 24.5. The highest BCUT2D eigenvalue weighted by Crippen LogP contribution is 2.32. The molecule has 2 aromatic carbocycles. The zero-order valence-corrected chi connectivity index (χ0v) is 18.7. The van der Waals surface area contributed by atoms with E-state index in [0.717, 1.165) is 18.4 Å². The maximum Gasteiger partial charge on any atom is 0.341 e. The highest BCUT2D eigenvalue weighted by atomic mass is 16.5. The number of amides is 2. The predicted molar refractivity (Wildman–Crippen MR) is 123 cm³/mol. The van der Waals surface area contributed by atoms with Crippen LogP contribution in [0.2, 0.25) is 0 Å². The highest BCUT2D eigenvalue weighted by molar-refractivity contribution is 6.07. The van der Waals surface area contributed by atoms with E-state index in [1.807, 2.05) is 19.1 Å². The van der Waals surface area contributed by atoms with Gasteiger partial charge in [0.15, 0.2) is 0 Å². The molecule has 0 bridgehead atoms. The predicted octanol–water partition coefficient (Wildman–Crippen LogP) is 4.27. The van der Waals surface area contributed by atoms with Crippen LogP contribution in [0.1, 0.15) is 42.6 Å². The minimum absolute atomic E-state index is 0.145. The quantitative estimate of drug-likeness (QED) is 0.325. The van der Waals surface area contributed by atoms with Gasteiger partial charge in [0.2, 0.25) is 11.8 Å². The van der Waals surface area contributed by atoms with E-state index in [2.05, 4.69) is 10.6 Å². The Bertz CT molecular complexity index is 983. The number of rotatable bonds is 10. The Hall–Kier alpha value is -3.81. The van der Waals surface area contributed by atoms with Gasteiger partial charge in [0, 0.05) is 19.1 Å². The Balaban J connectivity index is 2.31. The summed E-state index contributed by atoms with van der Waals surface area (Å²) in [6.07, 6.45) is 4.70. The second kappa shape index (κ2) is 12.1. The molecular formula is C24H28N2O6. The van der Waals surface area contributed by atoms with Crippen LogP contribution in [0, 0.1) is 0 Å². The average Bonchev–Trinajstić information content (AvgIpc) is 2.78. The van der Waals surface area contributed by atoms with E-state index in [-0.39, 0.29) is 22.9 Å². The summed E-state index contributed by atoms with van der Waals surface area (Å²) in [5, 5.41) is 5.35. The molecule has 170 valence electrons. The zero-order chi connectivity index (χ0) is 23.5. The fourth-order valence-electron chi connectivity index (χ4n) is 2.75. The molecule has 0 radical (unpaired) electrons. The lowest BCUT2D eigenvalue weighted by Gasteiger charge is -2.16. The number of hydrogen-bond acceptors (Lipinski definition) is 6. The molecule has 0 heterocycles. The molecule has 0 saturated heterocycles. The lowest BCUT2D eigenvalue weighted by atomic mass is 10.1. The number of carbonyl (C=O) groups is 3. The Morgan fingerprint density at radius 3 is 2.28 bits per heavy atom. The van der Waals surface area contributed by atoms with Crippen molar-refractivity contribution in [3.63, 3.8) is 0 Å². The third kappa shape index (κ3) is 7.16. The number of hydrogen-bond donors (Lipinski definition) is 2. The lowest BCUT2D eigenvalue weighted by molar-refractivity contribution is -0.114. The highest BCUT2D eigenvalue weighted by Gasteiger charge is 2.19. The molecule has 0 unspecified atom stereocenters. The van der Waals surface area contributed by atoms with Crippen molar-refractivity contribution in [1.29, 1.82) is 0 Å². The van der Waals surface area contributed by atoms with Crippen molar-refractivity contribution in [2.45, 2.75) is 26.7 Å². The molecule has 0 aliphatic heterocycles. The number of carbonyl (C=O) groups excluding carboxylic acids is 3. The first-order valence-electron chi connectivity index (χ1n) is 10.2. The Morgan fingerprint density at radius 1 is 1.00 bits per heavy atom. The molecule has 0 atom stereocenters. The van der Waals surface area contributed by atoms with Crippen LogP contribution in [-0.2, 0) is 14.3 Å². The number of esters is 1. The maximum atomic E-state index is 12.5. The maximum absolute atomic E-state index is 12.5. The van der Waals surface area contributed by atoms with E-state index in [0.29, 0.717) is 18.0 Å². The summed E-state index contributed by atoms with van der Waals surface area (Å²) in [6.45, 7) is 3.77. The van der Waals surface area contributed by atoms with Crippen LogP contribution in [0.4, 0.5) is 11.4 Å². The largest absolute Gasteiger partial charge is 0.497 e. The van der Waals surface area contributed by atoms with Crippen molar-refractivity contribution in [1.82, 2.24) is 0 Å². The van der Waals surface area contributed by atoms with Gasteiger partial charge < -0.3 is 24.8 Å². The third-order valence-corrected chi connectivity index (χ3v) is 4.39. The van der Waals surface area contributed by atoms with Gasteiger partial charge in [0.25, 0.3) is 0 Å². The van der Waals surface area contributed by atoms with E-state index in [1.165, 1.54) is 32.2 Å². The average molecular weight is 440 g/mol. The first-order chi connectivity index (χ1) is 15.4. The smallest absolute Gasteiger partial charge is 0.341 e. The van der Waals surface area contributed by atoms with Crippen molar-refractivity contribution in [3.8, 4) is 11.5 Å². The Morgan fingerprint density at radius 2 is 1.69 bits per heavy atom. The van der Waals surface area contributed by atoms with Gasteiger partial charge in [0.05, 0.1) is 32.2 Å². The van der Waals surface area contributed by atoms with Crippen LogP contribution in [0.25, 0.3) is 6.08 Å². The number of anilines is 2. The molecule has 0 spiro atoms. The normalized spacial score (nSPS) is 10.5. The molecule has 2 aromatic rings. The Kier molecular flexibility index (Phi) is 9.28. The van der Waals surface area contributed by atoms with Crippen LogP contribution in [0.5, 0.6) is 11.5 Å². The van der Waals surface area contributed by atoms with Gasteiger partial charge in [-0.1, -0.05) is 25.5 Å². The number of ether oxygens (including phenoxy) is 3. The molecule has 8 nitrogen and oxygen atoms in total. The monoisotopic (exact) mass is 440 g/mol. The van der Waals surface area contributed by atoms with Gasteiger partial charge in [-0.2, -0.15) is 0 Å².